The lowest BCUT2D eigenvalue weighted by Crippen LogP contribution is -2.11. The van der Waals surface area contributed by atoms with Gasteiger partial charge in [0, 0.05) is 12.6 Å². The van der Waals surface area contributed by atoms with Gasteiger partial charge in [-0.15, -0.1) is 0 Å². The van der Waals surface area contributed by atoms with Gasteiger partial charge in [0.1, 0.15) is 0 Å². The molecule has 3 nitrogen and oxygen atoms in total. The molecule has 0 atom stereocenters. The minimum Gasteiger partial charge on any atom is -0.466 e. The van der Waals surface area contributed by atoms with Gasteiger partial charge in [0.15, 0.2) is 0 Å². The van der Waals surface area contributed by atoms with E-state index in [1.54, 1.807) is 6.08 Å². The molecule has 0 radical (unpaired) electrons. The van der Waals surface area contributed by atoms with E-state index in [1.807, 2.05) is 19.0 Å². The van der Waals surface area contributed by atoms with Crippen molar-refractivity contribution in [2.45, 2.75) is 0 Å². The summed E-state index contributed by atoms with van der Waals surface area (Å²) in [4.78, 5) is 12.4. The minimum absolute atomic E-state index is 0.304. The van der Waals surface area contributed by atoms with Crippen LogP contribution in [0.3, 0.4) is 0 Å². The molecule has 0 unspecified atom stereocenters. The molecule has 58 valence electrons. The summed E-state index contributed by atoms with van der Waals surface area (Å²) in [5.41, 5.74) is 0. The molecule has 0 aliphatic rings. The van der Waals surface area contributed by atoms with E-state index >= 15 is 0 Å². The first-order valence-corrected chi connectivity index (χ1v) is 3.06. The Labute approximate surface area is 61.3 Å². The molecule has 0 fully saturated rings. The van der Waals surface area contributed by atoms with Crippen LogP contribution in [-0.4, -0.2) is 38.6 Å². The van der Waals surface area contributed by atoms with Crippen molar-refractivity contribution in [3.63, 3.8) is 0 Å². The molecule has 0 bridgehead atoms. The summed E-state index contributed by atoms with van der Waals surface area (Å²) in [5.74, 6) is -0.304. The van der Waals surface area contributed by atoms with E-state index in [-0.39, 0.29) is 5.97 Å². The molecule has 0 saturated carbocycles. The number of carbonyl (C=O) groups is 1. The normalized spacial score (nSPS) is 10.8. The monoisotopic (exact) mass is 143 g/mol. The standard InChI is InChI=1S/C7H13NO2/c1-8(2)6-4-5-7(9)10-3/h4-5H,6H2,1-3H3/b5-4+. The minimum atomic E-state index is -0.304. The number of hydrogen-bond donors (Lipinski definition) is 0. The van der Waals surface area contributed by atoms with Crippen molar-refractivity contribution in [2.75, 3.05) is 27.7 Å². The Morgan fingerprint density at radius 3 is 2.60 bits per heavy atom. The summed E-state index contributed by atoms with van der Waals surface area (Å²) < 4.78 is 4.39. The molecule has 3 heteroatoms. The molecule has 0 aliphatic carbocycles. The molecule has 0 N–H and O–H groups in total. The number of ether oxygens (including phenoxy) is 1. The number of esters is 1. The van der Waals surface area contributed by atoms with Crippen molar-refractivity contribution in [3.05, 3.63) is 12.2 Å². The van der Waals surface area contributed by atoms with Crippen LogP contribution in [0.15, 0.2) is 12.2 Å². The fraction of sp³-hybridized carbons (Fsp3) is 0.571. The Morgan fingerprint density at radius 1 is 1.60 bits per heavy atom. The van der Waals surface area contributed by atoms with Crippen LogP contribution < -0.4 is 0 Å². The third-order valence-corrected chi connectivity index (χ3v) is 0.926. The van der Waals surface area contributed by atoms with Gasteiger partial charge in [0.25, 0.3) is 0 Å². The SMILES string of the molecule is COC(=O)/C=C/CN(C)C. The second-order valence-electron chi connectivity index (χ2n) is 2.19. The molecule has 0 saturated heterocycles. The fourth-order valence-corrected chi connectivity index (χ4v) is 0.428. The predicted molar refractivity (Wildman–Crippen MR) is 39.7 cm³/mol. The van der Waals surface area contributed by atoms with Crippen molar-refractivity contribution in [1.29, 1.82) is 0 Å². The van der Waals surface area contributed by atoms with Gasteiger partial charge in [-0.05, 0) is 14.1 Å². The number of likely N-dealkylation sites (N-methyl/N-ethyl adjacent to an activating group) is 1. The Morgan fingerprint density at radius 2 is 2.20 bits per heavy atom. The van der Waals surface area contributed by atoms with E-state index in [1.165, 1.54) is 13.2 Å². The van der Waals surface area contributed by atoms with Crippen LogP contribution in [0.25, 0.3) is 0 Å². The number of methoxy groups -OCH3 is 1. The van der Waals surface area contributed by atoms with Gasteiger partial charge < -0.3 is 9.64 Å². The third-order valence-electron chi connectivity index (χ3n) is 0.926. The topological polar surface area (TPSA) is 29.5 Å². The van der Waals surface area contributed by atoms with Gasteiger partial charge in [-0.1, -0.05) is 6.08 Å². The highest BCUT2D eigenvalue weighted by Crippen LogP contribution is 1.79. The maximum atomic E-state index is 10.5. The van der Waals surface area contributed by atoms with Crippen LogP contribution in [0.4, 0.5) is 0 Å². The van der Waals surface area contributed by atoms with Crippen LogP contribution in [0.1, 0.15) is 0 Å². The first-order valence-electron chi connectivity index (χ1n) is 3.06. The Hall–Kier alpha value is -0.830. The zero-order valence-corrected chi connectivity index (χ0v) is 6.63. The van der Waals surface area contributed by atoms with Gasteiger partial charge in [0.2, 0.25) is 0 Å². The quantitative estimate of drug-likeness (QED) is 0.419. The van der Waals surface area contributed by atoms with E-state index in [4.69, 9.17) is 0 Å². The van der Waals surface area contributed by atoms with Crippen LogP contribution in [0.5, 0.6) is 0 Å². The summed E-state index contributed by atoms with van der Waals surface area (Å²) in [7, 11) is 5.23. The molecule has 0 heterocycles. The molecule has 0 aromatic carbocycles. The van der Waals surface area contributed by atoms with Crippen molar-refractivity contribution < 1.29 is 9.53 Å². The highest BCUT2D eigenvalue weighted by Gasteiger charge is 1.89. The zero-order valence-electron chi connectivity index (χ0n) is 6.63. The van der Waals surface area contributed by atoms with Crippen LogP contribution in [0, 0.1) is 0 Å². The smallest absolute Gasteiger partial charge is 0.330 e. The summed E-state index contributed by atoms with van der Waals surface area (Å²) in [5, 5.41) is 0. The Bertz CT molecular complexity index is 130. The van der Waals surface area contributed by atoms with E-state index in [0.717, 1.165) is 6.54 Å². The van der Waals surface area contributed by atoms with E-state index in [0.29, 0.717) is 0 Å². The number of nitrogens with zero attached hydrogens (tertiary/aromatic N) is 1. The largest absolute Gasteiger partial charge is 0.466 e. The first kappa shape index (κ1) is 9.17. The van der Waals surface area contributed by atoms with Crippen LogP contribution >= 0.6 is 0 Å². The molecular formula is C7H13NO2. The third kappa shape index (κ3) is 5.31. The highest BCUT2D eigenvalue weighted by molar-refractivity contribution is 5.81. The van der Waals surface area contributed by atoms with Crippen LogP contribution in [0.2, 0.25) is 0 Å². The highest BCUT2D eigenvalue weighted by atomic mass is 16.5. The van der Waals surface area contributed by atoms with Gasteiger partial charge in [0.05, 0.1) is 7.11 Å². The Kier molecular flexibility index (Phi) is 4.58. The summed E-state index contributed by atoms with van der Waals surface area (Å²) in [6.07, 6.45) is 3.17. The molecule has 0 spiro atoms. The lowest BCUT2D eigenvalue weighted by molar-refractivity contribution is -0.134. The molecule has 0 aromatic heterocycles. The van der Waals surface area contributed by atoms with E-state index < -0.39 is 0 Å². The maximum Gasteiger partial charge on any atom is 0.330 e. The van der Waals surface area contributed by atoms with E-state index in [9.17, 15) is 4.79 Å². The average molecular weight is 143 g/mol. The maximum absolute atomic E-state index is 10.5. The lowest BCUT2D eigenvalue weighted by atomic mass is 10.5. The predicted octanol–water partition coefficient (Wildman–Crippen LogP) is 0.277. The fourth-order valence-electron chi connectivity index (χ4n) is 0.428. The van der Waals surface area contributed by atoms with Gasteiger partial charge >= 0.3 is 5.97 Å². The van der Waals surface area contributed by atoms with Crippen molar-refractivity contribution in [2.24, 2.45) is 0 Å². The zero-order chi connectivity index (χ0) is 7.98. The summed E-state index contributed by atoms with van der Waals surface area (Å²) in [6.45, 7) is 0.759. The average Bonchev–Trinajstić information content (AvgIpc) is 1.87. The van der Waals surface area contributed by atoms with Gasteiger partial charge in [-0.2, -0.15) is 0 Å². The lowest BCUT2D eigenvalue weighted by Gasteiger charge is -2.02. The summed E-state index contributed by atoms with van der Waals surface area (Å²) >= 11 is 0. The number of carbonyl (C=O) groups excluding carboxylic acids is 1. The molecule has 0 amide bonds. The molecule has 10 heavy (non-hydrogen) atoms. The molecule has 0 aromatic rings. The van der Waals surface area contributed by atoms with Crippen molar-refractivity contribution in [3.8, 4) is 0 Å². The number of hydrogen-bond acceptors (Lipinski definition) is 3. The molecular weight excluding hydrogens is 130 g/mol. The second kappa shape index (κ2) is 4.99. The second-order valence-corrected chi connectivity index (χ2v) is 2.19. The van der Waals surface area contributed by atoms with Crippen molar-refractivity contribution >= 4 is 5.97 Å². The van der Waals surface area contributed by atoms with Crippen molar-refractivity contribution in [1.82, 2.24) is 4.90 Å². The Balaban J connectivity index is 3.46. The summed E-state index contributed by atoms with van der Waals surface area (Å²) in [6, 6.07) is 0. The van der Waals surface area contributed by atoms with Gasteiger partial charge in [-0.3, -0.25) is 0 Å². The first-order chi connectivity index (χ1) is 4.66. The number of rotatable bonds is 3. The molecule has 0 rings (SSSR count). The van der Waals surface area contributed by atoms with Crippen LogP contribution in [-0.2, 0) is 9.53 Å². The molecule has 0 aliphatic heterocycles. The van der Waals surface area contributed by atoms with Gasteiger partial charge in [-0.25, -0.2) is 4.79 Å². The van der Waals surface area contributed by atoms with E-state index in [2.05, 4.69) is 4.74 Å².